The quantitative estimate of drug-likeness (QED) is 0.660. The molecule has 0 aromatic carbocycles. The minimum atomic E-state index is -0.888. The highest BCUT2D eigenvalue weighted by molar-refractivity contribution is 7.14. The highest BCUT2D eigenvalue weighted by atomic mass is 32.1. The van der Waals surface area contributed by atoms with Crippen molar-refractivity contribution in [1.29, 1.82) is 0 Å². The van der Waals surface area contributed by atoms with Crippen molar-refractivity contribution < 1.29 is 19.5 Å². The van der Waals surface area contributed by atoms with Crippen LogP contribution >= 0.6 is 11.3 Å². The molecule has 2 rings (SSSR count). The van der Waals surface area contributed by atoms with Crippen LogP contribution < -0.4 is 10.6 Å². The van der Waals surface area contributed by atoms with Crippen LogP contribution in [-0.4, -0.2) is 34.4 Å². The van der Waals surface area contributed by atoms with Crippen molar-refractivity contribution in [1.82, 2.24) is 10.3 Å². The Morgan fingerprint density at radius 1 is 1.26 bits per heavy atom. The van der Waals surface area contributed by atoms with E-state index in [0.29, 0.717) is 11.6 Å². The molecule has 1 aromatic heterocycles. The van der Waals surface area contributed by atoms with Crippen LogP contribution in [-0.2, 0) is 9.59 Å². The van der Waals surface area contributed by atoms with Gasteiger partial charge in [-0.2, -0.15) is 0 Å². The van der Waals surface area contributed by atoms with E-state index < -0.39 is 5.97 Å². The fraction of sp³-hybridized carbons (Fsp3) is 0.600. The molecule has 2 amide bonds. The number of carbonyl (C=O) groups excluding carboxylic acids is 2. The number of thiazole rings is 1. The average Bonchev–Trinajstić information content (AvgIpc) is 3.00. The highest BCUT2D eigenvalue weighted by Gasteiger charge is 2.22. The molecule has 3 N–H and O–H groups in total. The van der Waals surface area contributed by atoms with Crippen molar-refractivity contribution in [3.05, 3.63) is 11.1 Å². The zero-order valence-electron chi connectivity index (χ0n) is 12.8. The van der Waals surface area contributed by atoms with E-state index in [1.165, 1.54) is 17.8 Å². The Kier molecular flexibility index (Phi) is 6.52. The van der Waals surface area contributed by atoms with Gasteiger partial charge in [0.1, 0.15) is 5.69 Å². The van der Waals surface area contributed by atoms with Gasteiger partial charge in [-0.3, -0.25) is 14.4 Å². The van der Waals surface area contributed by atoms with E-state index in [9.17, 15) is 14.4 Å². The van der Waals surface area contributed by atoms with Gasteiger partial charge in [-0.25, -0.2) is 4.98 Å². The molecule has 0 bridgehead atoms. The maximum absolute atomic E-state index is 12.1. The Hall–Kier alpha value is -1.96. The molecule has 0 spiro atoms. The summed E-state index contributed by atoms with van der Waals surface area (Å²) in [5.41, 5.74) is 0.240. The van der Waals surface area contributed by atoms with Crippen molar-refractivity contribution in [2.45, 2.75) is 44.9 Å². The lowest BCUT2D eigenvalue weighted by atomic mass is 9.89. The SMILES string of the molecule is O=C(O)CCCNC(=O)c1csc(NC(=O)C2CCCCC2)n1. The summed E-state index contributed by atoms with van der Waals surface area (Å²) >= 11 is 1.22. The van der Waals surface area contributed by atoms with E-state index in [2.05, 4.69) is 15.6 Å². The molecule has 1 fully saturated rings. The summed E-state index contributed by atoms with van der Waals surface area (Å²) in [5, 5.41) is 15.9. The summed E-state index contributed by atoms with van der Waals surface area (Å²) in [6, 6.07) is 0. The van der Waals surface area contributed by atoms with Crippen molar-refractivity contribution in [3.8, 4) is 0 Å². The summed E-state index contributed by atoms with van der Waals surface area (Å²) < 4.78 is 0. The smallest absolute Gasteiger partial charge is 0.303 e. The van der Waals surface area contributed by atoms with E-state index in [-0.39, 0.29) is 36.4 Å². The van der Waals surface area contributed by atoms with Gasteiger partial charge in [0.25, 0.3) is 5.91 Å². The molecule has 0 atom stereocenters. The molecule has 1 aliphatic carbocycles. The lowest BCUT2D eigenvalue weighted by Crippen LogP contribution is -2.26. The monoisotopic (exact) mass is 339 g/mol. The van der Waals surface area contributed by atoms with Gasteiger partial charge in [0.15, 0.2) is 5.13 Å². The van der Waals surface area contributed by atoms with Gasteiger partial charge in [0, 0.05) is 24.3 Å². The molecule has 8 heteroatoms. The van der Waals surface area contributed by atoms with Crippen LogP contribution in [0.3, 0.4) is 0 Å². The van der Waals surface area contributed by atoms with Crippen LogP contribution in [0.4, 0.5) is 5.13 Å². The number of aliphatic carboxylic acids is 1. The first-order chi connectivity index (χ1) is 11.1. The molecule has 0 unspecified atom stereocenters. The van der Waals surface area contributed by atoms with Crippen LogP contribution in [0.5, 0.6) is 0 Å². The summed E-state index contributed by atoms with van der Waals surface area (Å²) in [6.45, 7) is 0.284. The molecule has 7 nitrogen and oxygen atoms in total. The maximum Gasteiger partial charge on any atom is 0.303 e. The molecular formula is C15H21N3O4S. The summed E-state index contributed by atoms with van der Waals surface area (Å²) in [7, 11) is 0. The Morgan fingerprint density at radius 2 is 2.00 bits per heavy atom. The zero-order valence-corrected chi connectivity index (χ0v) is 13.7. The predicted octanol–water partition coefficient (Wildman–Crippen LogP) is 2.26. The van der Waals surface area contributed by atoms with Crippen LogP contribution in [0, 0.1) is 5.92 Å². The van der Waals surface area contributed by atoms with Crippen molar-refractivity contribution in [2.75, 3.05) is 11.9 Å². The molecule has 0 aliphatic heterocycles. The van der Waals surface area contributed by atoms with Gasteiger partial charge in [-0.1, -0.05) is 19.3 Å². The third kappa shape index (κ3) is 5.63. The van der Waals surface area contributed by atoms with Gasteiger partial charge in [0.05, 0.1) is 0 Å². The summed E-state index contributed by atoms with van der Waals surface area (Å²) in [4.78, 5) is 38.5. The van der Waals surface area contributed by atoms with E-state index >= 15 is 0 Å². The van der Waals surface area contributed by atoms with Gasteiger partial charge < -0.3 is 15.7 Å². The maximum atomic E-state index is 12.1. The average molecular weight is 339 g/mol. The number of rotatable bonds is 7. The third-order valence-electron chi connectivity index (χ3n) is 3.80. The second-order valence-corrected chi connectivity index (χ2v) is 6.47. The molecule has 0 radical (unpaired) electrons. The van der Waals surface area contributed by atoms with Crippen molar-refractivity contribution in [2.24, 2.45) is 5.92 Å². The molecule has 0 saturated heterocycles. The highest BCUT2D eigenvalue weighted by Crippen LogP contribution is 2.25. The minimum absolute atomic E-state index is 0.0139. The number of carbonyl (C=O) groups is 3. The summed E-state index contributed by atoms with van der Waals surface area (Å²) in [6.07, 6.45) is 5.56. The number of amides is 2. The molecule has 1 aliphatic rings. The molecule has 1 heterocycles. The van der Waals surface area contributed by atoms with E-state index in [1.807, 2.05) is 0 Å². The predicted molar refractivity (Wildman–Crippen MR) is 86.5 cm³/mol. The molecule has 23 heavy (non-hydrogen) atoms. The normalized spacial score (nSPS) is 15.1. The van der Waals surface area contributed by atoms with E-state index in [0.717, 1.165) is 25.7 Å². The molecule has 126 valence electrons. The number of hydrogen-bond donors (Lipinski definition) is 3. The largest absolute Gasteiger partial charge is 0.481 e. The zero-order chi connectivity index (χ0) is 16.7. The third-order valence-corrected chi connectivity index (χ3v) is 4.55. The second-order valence-electron chi connectivity index (χ2n) is 5.62. The van der Waals surface area contributed by atoms with E-state index in [4.69, 9.17) is 5.11 Å². The summed E-state index contributed by atoms with van der Waals surface area (Å²) in [5.74, 6) is -1.22. The Bertz CT molecular complexity index is 567. The Labute approximate surface area is 138 Å². The topological polar surface area (TPSA) is 108 Å². The lowest BCUT2D eigenvalue weighted by molar-refractivity contribution is -0.137. The van der Waals surface area contributed by atoms with Crippen molar-refractivity contribution in [3.63, 3.8) is 0 Å². The van der Waals surface area contributed by atoms with Crippen LogP contribution in [0.15, 0.2) is 5.38 Å². The van der Waals surface area contributed by atoms with Crippen molar-refractivity contribution >= 4 is 34.3 Å². The number of nitrogens with zero attached hydrogens (tertiary/aromatic N) is 1. The fourth-order valence-electron chi connectivity index (χ4n) is 2.54. The minimum Gasteiger partial charge on any atom is -0.481 e. The van der Waals surface area contributed by atoms with Gasteiger partial charge >= 0.3 is 5.97 Å². The Balaban J connectivity index is 1.78. The van der Waals surface area contributed by atoms with E-state index in [1.54, 1.807) is 5.38 Å². The van der Waals surface area contributed by atoms with Gasteiger partial charge in [-0.05, 0) is 19.3 Å². The second kappa shape index (κ2) is 8.61. The Morgan fingerprint density at radius 3 is 2.70 bits per heavy atom. The number of carboxylic acid groups (broad SMARTS) is 1. The standard InChI is InChI=1S/C15H21N3O4S/c19-12(20)7-4-8-16-14(22)11-9-23-15(17-11)18-13(21)10-5-2-1-3-6-10/h9-10H,1-8H2,(H,16,22)(H,19,20)(H,17,18,21). The number of hydrogen-bond acceptors (Lipinski definition) is 5. The van der Waals surface area contributed by atoms with Gasteiger partial charge in [0.2, 0.25) is 5.91 Å². The molecular weight excluding hydrogens is 318 g/mol. The number of nitrogens with one attached hydrogen (secondary N) is 2. The lowest BCUT2D eigenvalue weighted by Gasteiger charge is -2.19. The number of carboxylic acids is 1. The first kappa shape index (κ1) is 17.4. The van der Waals surface area contributed by atoms with Gasteiger partial charge in [-0.15, -0.1) is 11.3 Å². The first-order valence-electron chi connectivity index (χ1n) is 7.82. The number of aromatic nitrogens is 1. The molecule has 1 saturated carbocycles. The first-order valence-corrected chi connectivity index (χ1v) is 8.70. The number of anilines is 1. The molecule has 1 aromatic rings. The van der Waals surface area contributed by atoms with Crippen LogP contribution in [0.25, 0.3) is 0 Å². The van der Waals surface area contributed by atoms with Crippen LogP contribution in [0.2, 0.25) is 0 Å². The fourth-order valence-corrected chi connectivity index (χ4v) is 3.23. The van der Waals surface area contributed by atoms with Crippen LogP contribution in [0.1, 0.15) is 55.4 Å².